The van der Waals surface area contributed by atoms with Crippen molar-refractivity contribution in [3.63, 3.8) is 0 Å². The van der Waals surface area contributed by atoms with E-state index in [4.69, 9.17) is 9.84 Å². The summed E-state index contributed by atoms with van der Waals surface area (Å²) in [4.78, 5) is 7.73. The van der Waals surface area contributed by atoms with Crippen LogP contribution in [0.3, 0.4) is 0 Å². The summed E-state index contributed by atoms with van der Waals surface area (Å²) in [6.07, 6.45) is 1.45. The van der Waals surface area contributed by atoms with E-state index < -0.39 is 0 Å². The SMILES string of the molecule is Cc1ncsc1CCOCc1ccc(C#CCCO)s1. The van der Waals surface area contributed by atoms with Gasteiger partial charge in [-0.05, 0) is 19.1 Å². The Bertz CT molecular complexity index is 592. The Labute approximate surface area is 127 Å². The van der Waals surface area contributed by atoms with E-state index in [0.29, 0.717) is 19.6 Å². The van der Waals surface area contributed by atoms with Crippen molar-refractivity contribution < 1.29 is 9.84 Å². The van der Waals surface area contributed by atoms with Crippen LogP contribution in [0.5, 0.6) is 0 Å². The molecule has 3 nitrogen and oxygen atoms in total. The molecular weight excluding hydrogens is 290 g/mol. The minimum Gasteiger partial charge on any atom is -0.395 e. The number of thiophene rings is 1. The molecule has 2 heterocycles. The number of ether oxygens (including phenoxy) is 1. The Morgan fingerprint density at radius 3 is 3.05 bits per heavy atom. The van der Waals surface area contributed by atoms with Gasteiger partial charge in [0, 0.05) is 22.6 Å². The number of rotatable bonds is 6. The Hall–Kier alpha value is -1.19. The summed E-state index contributed by atoms with van der Waals surface area (Å²) in [7, 11) is 0. The number of aryl methyl sites for hydroxylation is 1. The predicted molar refractivity (Wildman–Crippen MR) is 83.1 cm³/mol. The Morgan fingerprint density at radius 1 is 1.40 bits per heavy atom. The molecule has 0 saturated heterocycles. The lowest BCUT2D eigenvalue weighted by Gasteiger charge is -2.01. The van der Waals surface area contributed by atoms with Crippen LogP contribution in [0, 0.1) is 18.8 Å². The van der Waals surface area contributed by atoms with E-state index in [1.54, 1.807) is 22.7 Å². The van der Waals surface area contributed by atoms with Crippen LogP contribution in [0.25, 0.3) is 0 Å². The van der Waals surface area contributed by atoms with Crippen molar-refractivity contribution >= 4 is 22.7 Å². The minimum atomic E-state index is 0.116. The average molecular weight is 307 g/mol. The summed E-state index contributed by atoms with van der Waals surface area (Å²) >= 11 is 3.33. The van der Waals surface area contributed by atoms with Gasteiger partial charge in [-0.1, -0.05) is 11.8 Å². The summed E-state index contributed by atoms with van der Waals surface area (Å²) in [5, 5.41) is 8.67. The van der Waals surface area contributed by atoms with Crippen molar-refractivity contribution in [1.29, 1.82) is 0 Å². The van der Waals surface area contributed by atoms with Crippen LogP contribution in [0.2, 0.25) is 0 Å². The maximum Gasteiger partial charge on any atom is 0.0809 e. The topological polar surface area (TPSA) is 42.4 Å². The molecule has 2 rings (SSSR count). The van der Waals surface area contributed by atoms with Gasteiger partial charge >= 0.3 is 0 Å². The maximum absolute atomic E-state index is 8.67. The molecule has 0 aromatic carbocycles. The molecule has 0 spiro atoms. The molecule has 0 atom stereocenters. The molecule has 0 aliphatic carbocycles. The second-order valence-corrected chi connectivity index (χ2v) is 6.31. The third-order valence-electron chi connectivity index (χ3n) is 2.67. The monoisotopic (exact) mass is 307 g/mol. The van der Waals surface area contributed by atoms with E-state index in [0.717, 1.165) is 17.0 Å². The molecule has 0 radical (unpaired) electrons. The molecule has 0 aliphatic rings. The van der Waals surface area contributed by atoms with Crippen molar-refractivity contribution in [1.82, 2.24) is 4.98 Å². The van der Waals surface area contributed by atoms with Gasteiger partial charge in [0.1, 0.15) is 0 Å². The van der Waals surface area contributed by atoms with Gasteiger partial charge in [-0.3, -0.25) is 0 Å². The number of hydrogen-bond donors (Lipinski definition) is 1. The Kier molecular flexibility index (Phi) is 6.22. The largest absolute Gasteiger partial charge is 0.395 e. The number of hydrogen-bond acceptors (Lipinski definition) is 5. The average Bonchev–Trinajstić information content (AvgIpc) is 3.05. The molecule has 106 valence electrons. The molecular formula is C15H17NO2S2. The molecule has 5 heteroatoms. The maximum atomic E-state index is 8.67. The standard InChI is InChI=1S/C15H17NO2S2/c1-12-15(19-11-16-12)7-9-18-10-14-6-5-13(20-14)4-2-3-8-17/h5-6,11,17H,3,7-10H2,1H3. The molecule has 2 aromatic heterocycles. The fraction of sp³-hybridized carbons (Fsp3) is 0.400. The number of aromatic nitrogens is 1. The zero-order valence-corrected chi connectivity index (χ0v) is 13.0. The second kappa shape index (κ2) is 8.18. The summed E-state index contributed by atoms with van der Waals surface area (Å²) in [5.41, 5.74) is 2.98. The zero-order chi connectivity index (χ0) is 14.2. The van der Waals surface area contributed by atoms with Gasteiger partial charge < -0.3 is 9.84 Å². The van der Waals surface area contributed by atoms with Crippen molar-refractivity contribution in [2.75, 3.05) is 13.2 Å². The van der Waals surface area contributed by atoms with Crippen LogP contribution in [-0.2, 0) is 17.8 Å². The third kappa shape index (κ3) is 4.73. The molecule has 0 bridgehead atoms. The van der Waals surface area contributed by atoms with Crippen molar-refractivity contribution in [3.8, 4) is 11.8 Å². The summed E-state index contributed by atoms with van der Waals surface area (Å²) < 4.78 is 5.69. The molecule has 1 N–H and O–H groups in total. The van der Waals surface area contributed by atoms with Crippen molar-refractivity contribution in [2.45, 2.75) is 26.4 Å². The minimum absolute atomic E-state index is 0.116. The molecule has 0 amide bonds. The van der Waals surface area contributed by atoms with Crippen LogP contribution >= 0.6 is 22.7 Å². The van der Waals surface area contributed by atoms with E-state index in [9.17, 15) is 0 Å². The first-order valence-corrected chi connectivity index (χ1v) is 8.14. The van der Waals surface area contributed by atoms with E-state index in [1.165, 1.54) is 9.75 Å². The van der Waals surface area contributed by atoms with Gasteiger partial charge in [0.2, 0.25) is 0 Å². The van der Waals surface area contributed by atoms with Crippen LogP contribution < -0.4 is 0 Å². The van der Waals surface area contributed by atoms with E-state index >= 15 is 0 Å². The second-order valence-electron chi connectivity index (χ2n) is 4.20. The Balaban J connectivity index is 1.72. The molecule has 0 fully saturated rings. The zero-order valence-electron chi connectivity index (χ0n) is 11.4. The van der Waals surface area contributed by atoms with Crippen LogP contribution in [-0.4, -0.2) is 23.3 Å². The van der Waals surface area contributed by atoms with Gasteiger partial charge in [0.05, 0.1) is 35.9 Å². The summed E-state index contributed by atoms with van der Waals surface area (Å²) in [6, 6.07) is 4.05. The van der Waals surface area contributed by atoms with Crippen molar-refractivity contribution in [3.05, 3.63) is 38.0 Å². The summed E-state index contributed by atoms with van der Waals surface area (Å²) in [6.45, 7) is 3.49. The normalized spacial score (nSPS) is 10.3. The van der Waals surface area contributed by atoms with E-state index in [1.807, 2.05) is 24.6 Å². The van der Waals surface area contributed by atoms with Crippen LogP contribution in [0.15, 0.2) is 17.6 Å². The first-order chi connectivity index (χ1) is 9.79. The molecule has 20 heavy (non-hydrogen) atoms. The quantitative estimate of drug-likeness (QED) is 0.659. The lowest BCUT2D eigenvalue weighted by molar-refractivity contribution is 0.126. The lowest BCUT2D eigenvalue weighted by atomic mass is 10.3. The number of nitrogens with zero attached hydrogens (tertiary/aromatic N) is 1. The van der Waals surface area contributed by atoms with E-state index in [-0.39, 0.29) is 6.61 Å². The third-order valence-corrected chi connectivity index (χ3v) is 4.64. The highest BCUT2D eigenvalue weighted by Crippen LogP contribution is 2.17. The fourth-order valence-corrected chi connectivity index (χ4v) is 3.21. The first kappa shape index (κ1) is 15.2. The predicted octanol–water partition coefficient (Wildman–Crippen LogP) is 3.01. The number of aliphatic hydroxyl groups excluding tert-OH is 1. The van der Waals surface area contributed by atoms with E-state index in [2.05, 4.69) is 16.8 Å². The smallest absolute Gasteiger partial charge is 0.0809 e. The molecule has 0 aliphatic heterocycles. The highest BCUT2D eigenvalue weighted by Gasteiger charge is 2.02. The highest BCUT2D eigenvalue weighted by molar-refractivity contribution is 7.12. The van der Waals surface area contributed by atoms with Gasteiger partial charge in [0.25, 0.3) is 0 Å². The van der Waals surface area contributed by atoms with Gasteiger partial charge in [-0.25, -0.2) is 4.98 Å². The van der Waals surface area contributed by atoms with Crippen LogP contribution in [0.4, 0.5) is 0 Å². The summed E-state index contributed by atoms with van der Waals surface area (Å²) in [5.74, 6) is 5.95. The Morgan fingerprint density at radius 2 is 2.30 bits per heavy atom. The van der Waals surface area contributed by atoms with Gasteiger partial charge in [-0.2, -0.15) is 0 Å². The molecule has 0 unspecified atom stereocenters. The first-order valence-electron chi connectivity index (χ1n) is 6.44. The van der Waals surface area contributed by atoms with Crippen molar-refractivity contribution in [2.24, 2.45) is 0 Å². The number of thiazole rings is 1. The molecule has 0 saturated carbocycles. The van der Waals surface area contributed by atoms with Gasteiger partial charge in [-0.15, -0.1) is 22.7 Å². The van der Waals surface area contributed by atoms with Crippen LogP contribution in [0.1, 0.15) is 26.7 Å². The molecule has 2 aromatic rings. The fourth-order valence-electron chi connectivity index (χ4n) is 1.63. The lowest BCUT2D eigenvalue weighted by Crippen LogP contribution is -1.97. The van der Waals surface area contributed by atoms with Gasteiger partial charge in [0.15, 0.2) is 0 Å². The highest BCUT2D eigenvalue weighted by atomic mass is 32.1. The number of aliphatic hydroxyl groups is 1.